The third kappa shape index (κ3) is 5.70. The summed E-state index contributed by atoms with van der Waals surface area (Å²) in [6, 6.07) is 16.7. The second-order valence-electron chi connectivity index (χ2n) is 10.9. The summed E-state index contributed by atoms with van der Waals surface area (Å²) in [5, 5.41) is 13.4. The van der Waals surface area contributed by atoms with Gasteiger partial charge in [-0.15, -0.1) is 0 Å². The lowest BCUT2D eigenvalue weighted by Gasteiger charge is -2.42. The minimum atomic E-state index is -0.541. The summed E-state index contributed by atoms with van der Waals surface area (Å²) in [7, 11) is 0. The van der Waals surface area contributed by atoms with Crippen molar-refractivity contribution in [3.8, 4) is 11.8 Å². The Morgan fingerprint density at radius 1 is 1.12 bits per heavy atom. The first-order valence-corrected chi connectivity index (χ1v) is 13.7. The maximum Gasteiger partial charge on any atom is 0.266 e. The Hall–Kier alpha value is -4.53. The van der Waals surface area contributed by atoms with Crippen LogP contribution in [0.2, 0.25) is 0 Å². The van der Waals surface area contributed by atoms with Crippen molar-refractivity contribution in [3.63, 3.8) is 0 Å². The number of morpholine rings is 1. The number of nitrogen functional groups attached to an aromatic ring is 2. The topological polar surface area (TPSA) is 161 Å². The van der Waals surface area contributed by atoms with E-state index in [1.807, 2.05) is 61.5 Å². The minimum Gasteiger partial charge on any atom is -0.382 e. The highest BCUT2D eigenvalue weighted by Crippen LogP contribution is 2.26. The molecule has 1 unspecified atom stereocenters. The highest BCUT2D eigenvalue weighted by atomic mass is 16.5. The van der Waals surface area contributed by atoms with Crippen molar-refractivity contribution in [1.29, 1.82) is 5.26 Å². The summed E-state index contributed by atoms with van der Waals surface area (Å²) in [5.74, 6) is 0.555. The Balaban J connectivity index is 1.54. The molecule has 5 N–H and O–H groups in total. The molecule has 1 aliphatic heterocycles. The number of hydrogen-bond donors (Lipinski definition) is 3. The molecule has 2 aromatic heterocycles. The number of fused-ring (bicyclic) bond motifs is 1. The van der Waals surface area contributed by atoms with E-state index >= 15 is 0 Å². The van der Waals surface area contributed by atoms with Crippen LogP contribution in [-0.2, 0) is 11.2 Å². The smallest absolute Gasteiger partial charge is 0.266 e. The van der Waals surface area contributed by atoms with Gasteiger partial charge in [-0.3, -0.25) is 14.3 Å². The third-order valence-corrected chi connectivity index (χ3v) is 7.52. The molecule has 0 radical (unpaired) electrons. The molecule has 1 saturated heterocycles. The number of nitriles is 1. The van der Waals surface area contributed by atoms with Crippen molar-refractivity contribution in [3.05, 3.63) is 75.8 Å². The average molecular weight is 554 g/mol. The molecule has 3 heterocycles. The monoisotopic (exact) mass is 553 g/mol. The van der Waals surface area contributed by atoms with Crippen LogP contribution in [0.15, 0.2) is 53.3 Å². The van der Waals surface area contributed by atoms with Crippen molar-refractivity contribution >= 4 is 28.5 Å². The summed E-state index contributed by atoms with van der Waals surface area (Å²) in [4.78, 5) is 29.8. The predicted octanol–water partition coefficient (Wildman–Crippen LogP) is 3.43. The number of nitrogens with zero attached hydrogens (tertiary/aromatic N) is 6. The van der Waals surface area contributed by atoms with E-state index in [1.54, 1.807) is 4.57 Å². The third-order valence-electron chi connectivity index (χ3n) is 7.52. The highest BCUT2D eigenvalue weighted by molar-refractivity contribution is 5.82. The Kier molecular flexibility index (Phi) is 7.88. The quantitative estimate of drug-likeness (QED) is 0.295. The normalized spacial score (nSPS) is 15.9. The fourth-order valence-corrected chi connectivity index (χ4v) is 5.39. The summed E-state index contributed by atoms with van der Waals surface area (Å²) in [5.41, 5.74) is 13.9. The number of rotatable bonds is 8. The number of nitrogens with two attached hydrogens (primary N) is 2. The van der Waals surface area contributed by atoms with Gasteiger partial charge in [0.1, 0.15) is 23.3 Å². The van der Waals surface area contributed by atoms with Gasteiger partial charge in [-0.2, -0.15) is 15.2 Å². The van der Waals surface area contributed by atoms with E-state index in [9.17, 15) is 10.1 Å². The molecule has 0 saturated carbocycles. The van der Waals surface area contributed by atoms with E-state index in [0.717, 1.165) is 38.1 Å². The van der Waals surface area contributed by atoms with Crippen LogP contribution in [0.3, 0.4) is 0 Å². The molecule has 11 nitrogen and oxygen atoms in total. The highest BCUT2D eigenvalue weighted by Gasteiger charge is 2.30. The van der Waals surface area contributed by atoms with Gasteiger partial charge in [-0.25, -0.2) is 4.98 Å². The SMILES string of the molecule is CC(Nc1nc(N)nc(N)c1C#N)c1nc2cccc(CCCN3CCOCC3(C)C)c2c(=O)n1-c1ccccc1. The molecule has 0 amide bonds. The lowest BCUT2D eigenvalue weighted by atomic mass is 10.00. The van der Waals surface area contributed by atoms with Gasteiger partial charge in [-0.1, -0.05) is 30.3 Å². The largest absolute Gasteiger partial charge is 0.382 e. The van der Waals surface area contributed by atoms with Crippen LogP contribution in [0.4, 0.5) is 17.6 Å². The zero-order valence-electron chi connectivity index (χ0n) is 23.6. The molecule has 1 atom stereocenters. The molecule has 11 heteroatoms. The van der Waals surface area contributed by atoms with Crippen LogP contribution < -0.4 is 22.3 Å². The van der Waals surface area contributed by atoms with Gasteiger partial charge in [-0.05, 0) is 63.9 Å². The van der Waals surface area contributed by atoms with Crippen molar-refractivity contribution in [1.82, 2.24) is 24.4 Å². The van der Waals surface area contributed by atoms with Crippen LogP contribution in [0.1, 0.15) is 50.2 Å². The summed E-state index contributed by atoms with van der Waals surface area (Å²) in [6.45, 7) is 9.51. The zero-order chi connectivity index (χ0) is 29.1. The van der Waals surface area contributed by atoms with Crippen molar-refractivity contribution < 1.29 is 4.74 Å². The van der Waals surface area contributed by atoms with E-state index in [4.69, 9.17) is 21.2 Å². The maximum absolute atomic E-state index is 14.3. The lowest BCUT2D eigenvalue weighted by Crippen LogP contribution is -2.53. The number of benzene rings is 2. The van der Waals surface area contributed by atoms with Crippen LogP contribution in [0, 0.1) is 11.3 Å². The molecule has 4 aromatic rings. The van der Waals surface area contributed by atoms with Crippen LogP contribution in [0.25, 0.3) is 16.6 Å². The first kappa shape index (κ1) is 28.0. The van der Waals surface area contributed by atoms with Gasteiger partial charge in [0.25, 0.3) is 5.56 Å². The van der Waals surface area contributed by atoms with Crippen LogP contribution in [0.5, 0.6) is 0 Å². The first-order valence-electron chi connectivity index (χ1n) is 13.7. The van der Waals surface area contributed by atoms with E-state index in [-0.39, 0.29) is 34.2 Å². The number of anilines is 3. The second kappa shape index (κ2) is 11.5. The molecule has 0 bridgehead atoms. The van der Waals surface area contributed by atoms with Crippen molar-refractivity contribution in [2.45, 2.75) is 45.2 Å². The fourth-order valence-electron chi connectivity index (χ4n) is 5.39. The maximum atomic E-state index is 14.3. The molecule has 0 aliphatic carbocycles. The lowest BCUT2D eigenvalue weighted by molar-refractivity contribution is -0.0510. The predicted molar refractivity (Wildman–Crippen MR) is 160 cm³/mol. The number of nitrogens with one attached hydrogen (secondary N) is 1. The van der Waals surface area contributed by atoms with Crippen molar-refractivity contribution in [2.75, 3.05) is 43.1 Å². The standard InChI is InChI=1S/C30H35N9O2/c1-19(34-26-22(17-31)25(32)36-29(33)37-26)27-35-23-13-7-9-20(10-8-14-38-15-16-41-18-30(38,2)3)24(23)28(40)39(27)21-11-5-4-6-12-21/h4-7,9,11-13,19H,8,10,14-16,18H2,1-3H3,(H5,32,33,34,36,37). The van der Waals surface area contributed by atoms with Crippen LogP contribution >= 0.6 is 0 Å². The van der Waals surface area contributed by atoms with Crippen LogP contribution in [-0.4, -0.2) is 56.3 Å². The van der Waals surface area contributed by atoms with Gasteiger partial charge < -0.3 is 21.5 Å². The van der Waals surface area contributed by atoms with E-state index in [1.165, 1.54) is 0 Å². The molecule has 1 fully saturated rings. The Labute approximate surface area is 238 Å². The van der Waals surface area contributed by atoms with E-state index < -0.39 is 6.04 Å². The van der Waals surface area contributed by atoms with Gasteiger partial charge in [0.05, 0.1) is 35.8 Å². The molecule has 0 spiro atoms. The summed E-state index contributed by atoms with van der Waals surface area (Å²) < 4.78 is 7.29. The molecule has 1 aliphatic rings. The van der Waals surface area contributed by atoms with E-state index in [2.05, 4.69) is 34.0 Å². The Bertz CT molecular complexity index is 1660. The summed E-state index contributed by atoms with van der Waals surface area (Å²) in [6.07, 6.45) is 1.65. The number of hydrogen-bond acceptors (Lipinski definition) is 10. The fraction of sp³-hybridized carbons (Fsp3) is 0.367. The summed E-state index contributed by atoms with van der Waals surface area (Å²) >= 11 is 0. The number of para-hydroxylation sites is 1. The second-order valence-corrected chi connectivity index (χ2v) is 10.9. The Morgan fingerprint density at radius 3 is 2.63 bits per heavy atom. The Morgan fingerprint density at radius 2 is 1.90 bits per heavy atom. The molecular formula is C30H35N9O2. The molecule has 2 aromatic carbocycles. The van der Waals surface area contributed by atoms with Gasteiger partial charge in [0, 0.05) is 12.1 Å². The minimum absolute atomic E-state index is 0.0129. The number of ether oxygens (including phenoxy) is 1. The zero-order valence-corrected chi connectivity index (χ0v) is 23.6. The van der Waals surface area contributed by atoms with Gasteiger partial charge in [0.15, 0.2) is 5.82 Å². The molecule has 41 heavy (non-hydrogen) atoms. The molecule has 5 rings (SSSR count). The number of aryl methyl sites for hydroxylation is 1. The number of aromatic nitrogens is 4. The van der Waals surface area contributed by atoms with Crippen molar-refractivity contribution in [2.24, 2.45) is 0 Å². The molecular weight excluding hydrogens is 518 g/mol. The average Bonchev–Trinajstić information content (AvgIpc) is 2.94. The first-order chi connectivity index (χ1) is 19.7. The molecule has 212 valence electrons. The van der Waals surface area contributed by atoms with Gasteiger partial charge >= 0.3 is 0 Å². The van der Waals surface area contributed by atoms with Gasteiger partial charge in [0.2, 0.25) is 5.95 Å². The van der Waals surface area contributed by atoms with E-state index in [0.29, 0.717) is 29.0 Å².